The van der Waals surface area contributed by atoms with Crippen LogP contribution >= 0.6 is 7.82 Å². The van der Waals surface area contributed by atoms with Crippen molar-refractivity contribution in [3.63, 3.8) is 0 Å². The zero-order chi connectivity index (χ0) is 35.1. The first kappa shape index (κ1) is 43.6. The van der Waals surface area contributed by atoms with Crippen molar-refractivity contribution in [3.8, 4) is 0 Å². The van der Waals surface area contributed by atoms with E-state index in [0.717, 1.165) is 44.9 Å². The molecule has 1 aliphatic rings. The second-order valence-corrected chi connectivity index (χ2v) is 13.8. The van der Waals surface area contributed by atoms with Crippen LogP contribution in [-0.2, 0) is 32.7 Å². The van der Waals surface area contributed by atoms with Gasteiger partial charge in [0.25, 0.3) is 0 Å². The van der Waals surface area contributed by atoms with E-state index in [2.05, 4.69) is 19.1 Å². The van der Waals surface area contributed by atoms with Gasteiger partial charge < -0.3 is 39.9 Å². The molecule has 0 aromatic heterocycles. The van der Waals surface area contributed by atoms with Crippen LogP contribution < -0.4 is 0 Å². The fourth-order valence-corrected chi connectivity index (χ4v) is 6.11. The lowest BCUT2D eigenvalue weighted by molar-refractivity contribution is -0.220. The summed E-state index contributed by atoms with van der Waals surface area (Å²) in [4.78, 5) is 34.7. The van der Waals surface area contributed by atoms with Crippen molar-refractivity contribution >= 4 is 19.8 Å². The molecule has 6 atom stereocenters. The number of carbonyl (C=O) groups excluding carboxylic acids is 2. The number of ether oxygens (including phenoxy) is 2. The predicted octanol–water partition coefficient (Wildman–Crippen LogP) is 4.38. The maximum atomic E-state index is 12.6. The molecule has 1 saturated carbocycles. The minimum absolute atomic E-state index is 0.0878. The van der Waals surface area contributed by atoms with Crippen LogP contribution in [0.1, 0.15) is 129 Å². The van der Waals surface area contributed by atoms with Crippen molar-refractivity contribution in [1.29, 1.82) is 0 Å². The maximum absolute atomic E-state index is 12.6. The Morgan fingerprint density at radius 1 is 0.638 bits per heavy atom. The first-order chi connectivity index (χ1) is 22.4. The Balaban J connectivity index is 2.43. The molecule has 1 rings (SSSR count). The molecule has 1 aliphatic carbocycles. The van der Waals surface area contributed by atoms with Gasteiger partial charge in [0.15, 0.2) is 6.10 Å². The van der Waals surface area contributed by atoms with Gasteiger partial charge in [0, 0.05) is 12.8 Å². The van der Waals surface area contributed by atoms with Crippen molar-refractivity contribution in [2.24, 2.45) is 0 Å². The molecule has 0 aromatic rings. The highest BCUT2D eigenvalue weighted by Gasteiger charge is 2.51. The molecule has 0 aliphatic heterocycles. The van der Waals surface area contributed by atoms with Gasteiger partial charge in [0.1, 0.15) is 43.2 Å². The summed E-state index contributed by atoms with van der Waals surface area (Å²) in [6.45, 7) is 2.95. The van der Waals surface area contributed by atoms with E-state index in [1.807, 2.05) is 6.92 Å². The third-order valence-corrected chi connectivity index (χ3v) is 9.09. The van der Waals surface area contributed by atoms with E-state index in [-0.39, 0.29) is 12.8 Å². The molecule has 6 N–H and O–H groups in total. The third kappa shape index (κ3) is 19.4. The maximum Gasteiger partial charge on any atom is 0.472 e. The van der Waals surface area contributed by atoms with Gasteiger partial charge in [-0.05, 0) is 38.5 Å². The Kier molecular flexibility index (Phi) is 23.7. The number of esters is 2. The lowest BCUT2D eigenvalue weighted by atomic mass is 9.85. The minimum Gasteiger partial charge on any atom is -0.462 e. The second-order valence-electron chi connectivity index (χ2n) is 12.4. The third-order valence-electron chi connectivity index (χ3n) is 8.11. The van der Waals surface area contributed by atoms with Crippen LogP contribution in [0.4, 0.5) is 0 Å². The Hall–Kier alpha value is -1.41. The molecule has 47 heavy (non-hydrogen) atoms. The first-order valence-electron chi connectivity index (χ1n) is 17.5. The van der Waals surface area contributed by atoms with Gasteiger partial charge in [-0.1, -0.05) is 90.2 Å². The monoisotopic (exact) mass is 696 g/mol. The molecule has 0 heterocycles. The van der Waals surface area contributed by atoms with Crippen LogP contribution in [0.2, 0.25) is 0 Å². The highest BCUT2D eigenvalue weighted by Crippen LogP contribution is 2.47. The molecule has 0 radical (unpaired) electrons. The number of phosphoric ester groups is 1. The standard InChI is InChI=1S/C33H61O13P/c1-3-5-7-8-9-10-11-12-13-14-15-16-17-18-19-20-22-27(35)45-25(23-43-26(34)21-6-4-2)24-44-47(41,42)46-33-31(39)29(37)28(36)30(38)32(33)40/h13-14,25,28-33,36-40H,3-12,15-24H2,1-2H3,(H,41,42)/b14-13-. The van der Waals surface area contributed by atoms with E-state index in [9.17, 15) is 44.6 Å². The molecule has 1 fully saturated rings. The van der Waals surface area contributed by atoms with Crippen LogP contribution in [0.5, 0.6) is 0 Å². The number of aliphatic hydroxyl groups is 5. The molecule has 0 saturated heterocycles. The average molecular weight is 697 g/mol. The highest BCUT2D eigenvalue weighted by molar-refractivity contribution is 7.47. The van der Waals surface area contributed by atoms with Crippen molar-refractivity contribution in [3.05, 3.63) is 12.2 Å². The molecule has 0 aromatic carbocycles. The van der Waals surface area contributed by atoms with E-state index in [4.69, 9.17) is 18.5 Å². The zero-order valence-electron chi connectivity index (χ0n) is 28.3. The van der Waals surface area contributed by atoms with Gasteiger partial charge in [0.2, 0.25) is 0 Å². The molecule has 0 bridgehead atoms. The smallest absolute Gasteiger partial charge is 0.462 e. The average Bonchev–Trinajstić information content (AvgIpc) is 3.04. The summed E-state index contributed by atoms with van der Waals surface area (Å²) < 4.78 is 32.8. The Morgan fingerprint density at radius 2 is 1.11 bits per heavy atom. The Bertz CT molecular complexity index is 901. The number of rotatable bonds is 27. The molecule has 6 unspecified atom stereocenters. The summed E-state index contributed by atoms with van der Waals surface area (Å²) in [5, 5.41) is 49.5. The largest absolute Gasteiger partial charge is 0.472 e. The van der Waals surface area contributed by atoms with Gasteiger partial charge in [-0.3, -0.25) is 18.6 Å². The van der Waals surface area contributed by atoms with E-state index in [1.54, 1.807) is 0 Å². The fourth-order valence-electron chi connectivity index (χ4n) is 5.14. The van der Waals surface area contributed by atoms with Crippen molar-refractivity contribution in [1.82, 2.24) is 0 Å². The summed E-state index contributed by atoms with van der Waals surface area (Å²) >= 11 is 0. The summed E-state index contributed by atoms with van der Waals surface area (Å²) in [7, 11) is -5.09. The molecule has 0 amide bonds. The van der Waals surface area contributed by atoms with Gasteiger partial charge in [-0.15, -0.1) is 0 Å². The highest BCUT2D eigenvalue weighted by atomic mass is 31.2. The van der Waals surface area contributed by atoms with Crippen molar-refractivity contribution in [2.75, 3.05) is 13.2 Å². The van der Waals surface area contributed by atoms with Crippen LogP contribution in [0, 0.1) is 0 Å². The Morgan fingerprint density at radius 3 is 1.66 bits per heavy atom. The minimum atomic E-state index is -5.09. The molecule has 276 valence electrons. The van der Waals surface area contributed by atoms with Gasteiger partial charge in [0.05, 0.1) is 6.61 Å². The lowest BCUT2D eigenvalue weighted by Gasteiger charge is -2.41. The number of carbonyl (C=O) groups is 2. The summed E-state index contributed by atoms with van der Waals surface area (Å²) in [6, 6.07) is 0. The number of allylic oxidation sites excluding steroid dienone is 2. The van der Waals surface area contributed by atoms with Gasteiger partial charge >= 0.3 is 19.8 Å². The van der Waals surface area contributed by atoms with E-state index < -0.39 is 75.7 Å². The number of phosphoric acid groups is 1. The first-order valence-corrected chi connectivity index (χ1v) is 19.0. The normalized spacial score (nSPS) is 25.0. The zero-order valence-corrected chi connectivity index (χ0v) is 29.2. The molecule has 0 spiro atoms. The van der Waals surface area contributed by atoms with E-state index in [0.29, 0.717) is 12.8 Å². The van der Waals surface area contributed by atoms with E-state index in [1.165, 1.54) is 44.9 Å². The number of unbranched alkanes of at least 4 members (excludes halogenated alkanes) is 13. The molecule has 14 heteroatoms. The summed E-state index contributed by atoms with van der Waals surface area (Å²) in [6.07, 6.45) is 8.75. The molecular formula is C33H61O13P. The topological polar surface area (TPSA) is 210 Å². The lowest BCUT2D eigenvalue weighted by Crippen LogP contribution is -2.64. The van der Waals surface area contributed by atoms with Crippen LogP contribution in [-0.4, -0.2) is 98.3 Å². The predicted molar refractivity (Wildman–Crippen MR) is 175 cm³/mol. The summed E-state index contributed by atoms with van der Waals surface area (Å²) in [5.74, 6) is -1.15. The quantitative estimate of drug-likeness (QED) is 0.0305. The number of aliphatic hydroxyl groups excluding tert-OH is 5. The van der Waals surface area contributed by atoms with Crippen molar-refractivity contribution < 1.29 is 63.1 Å². The fraction of sp³-hybridized carbons (Fsp3) is 0.879. The van der Waals surface area contributed by atoms with Gasteiger partial charge in [-0.2, -0.15) is 0 Å². The van der Waals surface area contributed by atoms with Gasteiger partial charge in [-0.25, -0.2) is 4.57 Å². The van der Waals surface area contributed by atoms with Crippen LogP contribution in [0.15, 0.2) is 12.2 Å². The van der Waals surface area contributed by atoms with Crippen LogP contribution in [0.25, 0.3) is 0 Å². The summed E-state index contributed by atoms with van der Waals surface area (Å²) in [5.41, 5.74) is 0. The number of hydrogen-bond donors (Lipinski definition) is 6. The number of hydrogen-bond acceptors (Lipinski definition) is 12. The van der Waals surface area contributed by atoms with Crippen molar-refractivity contribution in [2.45, 2.75) is 172 Å². The molecule has 13 nitrogen and oxygen atoms in total. The SMILES string of the molecule is CCCCCCCCC/C=C\CCCCCCCC(=O)OC(COC(=O)CCCC)COP(=O)(O)OC1C(O)C(O)C(O)C(O)C1O. The molecular weight excluding hydrogens is 635 g/mol. The Labute approximate surface area is 280 Å². The van der Waals surface area contributed by atoms with E-state index >= 15 is 0 Å². The van der Waals surface area contributed by atoms with Crippen LogP contribution in [0.3, 0.4) is 0 Å². The second kappa shape index (κ2) is 25.5.